The number of hydrogen-bond donors (Lipinski definition) is 1. The molecule has 0 radical (unpaired) electrons. The molecule has 1 unspecified atom stereocenters. The van der Waals surface area contributed by atoms with Crippen LogP contribution in [0.5, 0.6) is 5.75 Å². The largest absolute Gasteiger partial charge is 0.491 e. The van der Waals surface area contributed by atoms with E-state index in [1.165, 1.54) is 0 Å². The number of ether oxygens (including phenoxy) is 2. The lowest BCUT2D eigenvalue weighted by molar-refractivity contribution is -0.467. The van der Waals surface area contributed by atoms with Crippen molar-refractivity contribution >= 4 is 16.3 Å². The smallest absolute Gasteiger partial charge is 0.196 e. The number of fused-ring (bicyclic) bond motifs is 1. The van der Waals surface area contributed by atoms with Gasteiger partial charge in [-0.05, 0) is 36.4 Å². The van der Waals surface area contributed by atoms with Gasteiger partial charge in [-0.3, -0.25) is 0 Å². The predicted octanol–water partition coefficient (Wildman–Crippen LogP) is 3.31. The molecular formula is C19H22O5. The summed E-state index contributed by atoms with van der Waals surface area (Å²) in [6, 6.07) is 11.7. The van der Waals surface area contributed by atoms with Crippen LogP contribution < -0.4 is 4.74 Å². The number of rotatable bonds is 5. The van der Waals surface area contributed by atoms with Gasteiger partial charge in [-0.2, -0.15) is 0 Å². The fraction of sp³-hybridized carbons (Fsp3) is 0.368. The van der Waals surface area contributed by atoms with E-state index in [2.05, 4.69) is 6.58 Å². The molecule has 1 aliphatic rings. The Bertz CT molecular complexity index is 728. The van der Waals surface area contributed by atoms with Gasteiger partial charge < -0.3 is 14.6 Å². The quantitative estimate of drug-likeness (QED) is 0.853. The van der Waals surface area contributed by atoms with E-state index in [1.54, 1.807) is 13.8 Å². The fourth-order valence-corrected chi connectivity index (χ4v) is 2.67. The standard InChI is InChI=1S/C19H22O5/c1-13(18-12-22-19(2,3)24-23-18)14-8-9-17(21-11-10-20)16-7-5-4-6-15(14)16/h4-9,18,20H,1,10-12H2,2-3H3. The van der Waals surface area contributed by atoms with Crippen molar-refractivity contribution in [2.24, 2.45) is 0 Å². The lowest BCUT2D eigenvalue weighted by Crippen LogP contribution is -2.40. The van der Waals surface area contributed by atoms with Crippen LogP contribution in [0.2, 0.25) is 0 Å². The van der Waals surface area contributed by atoms with Crippen molar-refractivity contribution in [3.8, 4) is 5.75 Å². The van der Waals surface area contributed by atoms with Gasteiger partial charge in [0.1, 0.15) is 18.5 Å². The minimum absolute atomic E-state index is 0.0246. The third-order valence-electron chi connectivity index (χ3n) is 3.91. The molecule has 0 saturated carbocycles. The van der Waals surface area contributed by atoms with Gasteiger partial charge in [0, 0.05) is 5.39 Å². The Morgan fingerprint density at radius 3 is 2.67 bits per heavy atom. The summed E-state index contributed by atoms with van der Waals surface area (Å²) < 4.78 is 11.3. The van der Waals surface area contributed by atoms with Crippen molar-refractivity contribution in [2.75, 3.05) is 19.8 Å². The molecule has 3 rings (SSSR count). The fourth-order valence-electron chi connectivity index (χ4n) is 2.67. The van der Waals surface area contributed by atoms with E-state index in [4.69, 9.17) is 24.4 Å². The molecule has 1 saturated heterocycles. The molecule has 0 spiro atoms. The Balaban J connectivity index is 1.91. The molecule has 1 atom stereocenters. The Morgan fingerprint density at radius 1 is 1.25 bits per heavy atom. The maximum Gasteiger partial charge on any atom is 0.196 e. The van der Waals surface area contributed by atoms with Crippen molar-refractivity contribution in [1.82, 2.24) is 0 Å². The molecule has 128 valence electrons. The van der Waals surface area contributed by atoms with Gasteiger partial charge in [-0.25, -0.2) is 9.78 Å². The highest BCUT2D eigenvalue weighted by atomic mass is 17.2. The van der Waals surface area contributed by atoms with Crippen molar-refractivity contribution < 1.29 is 24.4 Å². The van der Waals surface area contributed by atoms with E-state index in [1.807, 2.05) is 36.4 Å². The van der Waals surface area contributed by atoms with E-state index in [-0.39, 0.29) is 19.3 Å². The van der Waals surface area contributed by atoms with Crippen LogP contribution in [0.25, 0.3) is 16.3 Å². The summed E-state index contributed by atoms with van der Waals surface area (Å²) in [5.74, 6) is -0.0182. The third kappa shape index (κ3) is 3.44. The van der Waals surface area contributed by atoms with Gasteiger partial charge in [0.15, 0.2) is 5.79 Å². The van der Waals surface area contributed by atoms with Gasteiger partial charge in [-0.15, -0.1) is 0 Å². The molecule has 5 heteroatoms. The molecule has 0 aromatic heterocycles. The summed E-state index contributed by atoms with van der Waals surface area (Å²) in [5, 5.41) is 10.9. The zero-order valence-corrected chi connectivity index (χ0v) is 14.0. The summed E-state index contributed by atoms with van der Waals surface area (Å²) in [6.07, 6.45) is -0.370. The Hall–Kier alpha value is -1.92. The van der Waals surface area contributed by atoms with Crippen molar-refractivity contribution in [1.29, 1.82) is 0 Å². The van der Waals surface area contributed by atoms with E-state index >= 15 is 0 Å². The molecular weight excluding hydrogens is 308 g/mol. The SMILES string of the molecule is C=C(c1ccc(OCCO)c2ccccc12)C1COC(C)(C)OO1. The summed E-state index contributed by atoms with van der Waals surface area (Å²) in [5.41, 5.74) is 1.74. The topological polar surface area (TPSA) is 57.2 Å². The number of aliphatic hydroxyl groups excluding tert-OH is 1. The van der Waals surface area contributed by atoms with Crippen LogP contribution in [0.3, 0.4) is 0 Å². The highest BCUT2D eigenvalue weighted by Gasteiger charge is 2.32. The number of aliphatic hydroxyl groups is 1. The van der Waals surface area contributed by atoms with Crippen molar-refractivity contribution in [2.45, 2.75) is 25.7 Å². The second kappa shape index (κ2) is 6.91. The lowest BCUT2D eigenvalue weighted by atomic mass is 9.95. The van der Waals surface area contributed by atoms with E-state index in [9.17, 15) is 0 Å². The number of hydrogen-bond acceptors (Lipinski definition) is 5. The van der Waals surface area contributed by atoms with Gasteiger partial charge >= 0.3 is 0 Å². The molecule has 1 N–H and O–H groups in total. The molecule has 1 heterocycles. The first-order valence-electron chi connectivity index (χ1n) is 7.95. The van der Waals surface area contributed by atoms with Gasteiger partial charge in [0.05, 0.1) is 13.2 Å². The zero-order valence-electron chi connectivity index (χ0n) is 14.0. The van der Waals surface area contributed by atoms with Crippen LogP contribution in [0.15, 0.2) is 43.0 Å². The zero-order chi connectivity index (χ0) is 17.2. The summed E-state index contributed by atoms with van der Waals surface area (Å²) in [6.45, 7) is 8.38. The summed E-state index contributed by atoms with van der Waals surface area (Å²) in [7, 11) is 0. The van der Waals surface area contributed by atoms with E-state index in [0.717, 1.165) is 27.7 Å². The highest BCUT2D eigenvalue weighted by Crippen LogP contribution is 2.35. The second-order valence-corrected chi connectivity index (χ2v) is 6.13. The molecule has 2 aromatic rings. The number of benzene rings is 2. The molecule has 1 aliphatic heterocycles. The monoisotopic (exact) mass is 330 g/mol. The van der Waals surface area contributed by atoms with Crippen molar-refractivity contribution in [3.05, 3.63) is 48.5 Å². The van der Waals surface area contributed by atoms with E-state index < -0.39 is 5.79 Å². The van der Waals surface area contributed by atoms with Crippen LogP contribution in [0.1, 0.15) is 19.4 Å². The first kappa shape index (κ1) is 16.9. The van der Waals surface area contributed by atoms with Gasteiger partial charge in [0.25, 0.3) is 0 Å². The van der Waals surface area contributed by atoms with Crippen LogP contribution in [-0.2, 0) is 14.5 Å². The molecule has 0 amide bonds. The minimum Gasteiger partial charge on any atom is -0.491 e. The first-order valence-corrected chi connectivity index (χ1v) is 7.95. The normalized spacial score (nSPS) is 20.0. The Labute approximate surface area is 141 Å². The highest BCUT2D eigenvalue weighted by molar-refractivity contribution is 5.97. The molecule has 0 bridgehead atoms. The second-order valence-electron chi connectivity index (χ2n) is 6.13. The average Bonchev–Trinajstić information content (AvgIpc) is 2.59. The predicted molar refractivity (Wildman–Crippen MR) is 91.6 cm³/mol. The van der Waals surface area contributed by atoms with Crippen LogP contribution in [0, 0.1) is 0 Å². The first-order chi connectivity index (χ1) is 11.5. The maximum absolute atomic E-state index is 8.97. The van der Waals surface area contributed by atoms with Crippen LogP contribution >= 0.6 is 0 Å². The van der Waals surface area contributed by atoms with Gasteiger partial charge in [0.2, 0.25) is 0 Å². The summed E-state index contributed by atoms with van der Waals surface area (Å²) >= 11 is 0. The van der Waals surface area contributed by atoms with Gasteiger partial charge in [-0.1, -0.05) is 36.9 Å². The Kier molecular flexibility index (Phi) is 4.87. The molecule has 0 aliphatic carbocycles. The molecule has 2 aromatic carbocycles. The van der Waals surface area contributed by atoms with Crippen LogP contribution in [0.4, 0.5) is 0 Å². The molecule has 1 fully saturated rings. The minimum atomic E-state index is -0.749. The molecule has 5 nitrogen and oxygen atoms in total. The average molecular weight is 330 g/mol. The Morgan fingerprint density at radius 2 is 2.00 bits per heavy atom. The van der Waals surface area contributed by atoms with Crippen molar-refractivity contribution in [3.63, 3.8) is 0 Å². The third-order valence-corrected chi connectivity index (χ3v) is 3.91. The lowest BCUT2D eigenvalue weighted by Gasteiger charge is -2.34. The maximum atomic E-state index is 8.97. The summed E-state index contributed by atoms with van der Waals surface area (Å²) in [4.78, 5) is 10.7. The van der Waals surface area contributed by atoms with E-state index in [0.29, 0.717) is 6.61 Å². The van der Waals surface area contributed by atoms with Crippen LogP contribution in [-0.4, -0.2) is 36.8 Å². The molecule has 24 heavy (non-hydrogen) atoms.